The first-order chi connectivity index (χ1) is 9.86. The van der Waals surface area contributed by atoms with Crippen molar-refractivity contribution in [2.75, 3.05) is 25.9 Å². The van der Waals surface area contributed by atoms with Crippen LogP contribution in [0.5, 0.6) is 5.75 Å². The highest BCUT2D eigenvalue weighted by atomic mass is 32.2. The number of nitrogens with zero attached hydrogens (tertiary/aromatic N) is 2. The third-order valence-electron chi connectivity index (χ3n) is 3.09. The van der Waals surface area contributed by atoms with Gasteiger partial charge in [-0.25, -0.2) is 0 Å². The van der Waals surface area contributed by atoms with Crippen LogP contribution in [0.25, 0.3) is 11.3 Å². The van der Waals surface area contributed by atoms with E-state index < -0.39 is 10.2 Å². The van der Waals surface area contributed by atoms with Crippen LogP contribution in [0.1, 0.15) is 5.56 Å². The lowest BCUT2D eigenvalue weighted by atomic mass is 10.1. The van der Waals surface area contributed by atoms with Crippen LogP contribution in [-0.2, 0) is 10.2 Å². The van der Waals surface area contributed by atoms with Crippen molar-refractivity contribution in [2.24, 2.45) is 0 Å². The molecule has 0 saturated carbocycles. The molecule has 0 aliphatic rings. The quantitative estimate of drug-likeness (QED) is 0.878. The number of benzene rings is 1. The normalized spacial score (nSPS) is 11.7. The Hall–Kier alpha value is -2.06. The molecule has 0 spiro atoms. The summed E-state index contributed by atoms with van der Waals surface area (Å²) in [7, 11) is 0.895. The molecule has 0 bridgehead atoms. The van der Waals surface area contributed by atoms with Crippen molar-refractivity contribution >= 4 is 16.0 Å². The van der Waals surface area contributed by atoms with Crippen LogP contribution in [0.2, 0.25) is 0 Å². The number of methoxy groups -OCH3 is 1. The Labute approximate surface area is 124 Å². The number of H-pyrrole nitrogens is 1. The number of nitrogens with one attached hydrogen (secondary N) is 2. The highest BCUT2D eigenvalue weighted by Crippen LogP contribution is 2.33. The number of para-hydroxylation sites is 1. The molecule has 21 heavy (non-hydrogen) atoms. The van der Waals surface area contributed by atoms with Crippen molar-refractivity contribution in [2.45, 2.75) is 6.92 Å². The fourth-order valence-corrected chi connectivity index (χ4v) is 2.45. The van der Waals surface area contributed by atoms with Gasteiger partial charge in [0.25, 0.3) is 0 Å². The Morgan fingerprint density at radius 3 is 2.57 bits per heavy atom. The van der Waals surface area contributed by atoms with E-state index in [0.717, 1.165) is 9.87 Å². The van der Waals surface area contributed by atoms with Crippen molar-refractivity contribution in [1.29, 1.82) is 0 Å². The topological polar surface area (TPSA) is 87.3 Å². The summed E-state index contributed by atoms with van der Waals surface area (Å²) < 4.78 is 32.5. The van der Waals surface area contributed by atoms with E-state index in [1.165, 1.54) is 14.1 Å². The summed E-state index contributed by atoms with van der Waals surface area (Å²) in [5.41, 5.74) is 2.23. The number of rotatable bonds is 5. The lowest BCUT2D eigenvalue weighted by Crippen LogP contribution is -2.29. The molecule has 2 N–H and O–H groups in total. The summed E-state index contributed by atoms with van der Waals surface area (Å²) in [6.45, 7) is 1.79. The fraction of sp³-hybridized carbons (Fsp3) is 0.308. The van der Waals surface area contributed by atoms with Gasteiger partial charge < -0.3 is 4.74 Å². The maximum atomic E-state index is 11.9. The number of aromatic amines is 1. The van der Waals surface area contributed by atoms with Gasteiger partial charge in [-0.1, -0.05) is 12.1 Å². The van der Waals surface area contributed by atoms with E-state index in [0.29, 0.717) is 17.0 Å². The highest BCUT2D eigenvalue weighted by Gasteiger charge is 2.19. The van der Waals surface area contributed by atoms with Gasteiger partial charge in [0.1, 0.15) is 5.75 Å². The van der Waals surface area contributed by atoms with E-state index in [9.17, 15) is 8.42 Å². The number of hydrogen-bond acceptors (Lipinski definition) is 4. The number of aromatic nitrogens is 2. The van der Waals surface area contributed by atoms with Gasteiger partial charge in [-0.05, 0) is 19.1 Å². The minimum atomic E-state index is -3.59. The van der Waals surface area contributed by atoms with Gasteiger partial charge in [-0.3, -0.25) is 9.82 Å². The summed E-state index contributed by atoms with van der Waals surface area (Å²) in [6, 6.07) is 7.45. The van der Waals surface area contributed by atoms with E-state index in [-0.39, 0.29) is 5.82 Å². The van der Waals surface area contributed by atoms with Gasteiger partial charge in [0.15, 0.2) is 5.82 Å². The van der Waals surface area contributed by atoms with E-state index in [1.54, 1.807) is 14.0 Å². The molecule has 7 nitrogen and oxygen atoms in total. The minimum Gasteiger partial charge on any atom is -0.496 e. The second-order valence-electron chi connectivity index (χ2n) is 4.66. The van der Waals surface area contributed by atoms with Crippen LogP contribution >= 0.6 is 0 Å². The predicted octanol–water partition coefficient (Wildman–Crippen LogP) is 1.61. The van der Waals surface area contributed by atoms with Gasteiger partial charge in [0.2, 0.25) is 0 Å². The molecule has 0 atom stereocenters. The van der Waals surface area contributed by atoms with Crippen LogP contribution in [-0.4, -0.2) is 44.1 Å². The molecule has 0 unspecified atom stereocenters. The lowest BCUT2D eigenvalue weighted by molar-refractivity contribution is 0.416. The van der Waals surface area contributed by atoms with E-state index in [1.807, 2.05) is 24.3 Å². The average molecular weight is 310 g/mol. The van der Waals surface area contributed by atoms with Gasteiger partial charge in [0, 0.05) is 25.2 Å². The Kier molecular flexibility index (Phi) is 4.19. The molecule has 1 heterocycles. The first-order valence-electron chi connectivity index (χ1n) is 6.25. The first kappa shape index (κ1) is 15.3. The van der Waals surface area contributed by atoms with E-state index in [2.05, 4.69) is 14.9 Å². The summed E-state index contributed by atoms with van der Waals surface area (Å²) in [4.78, 5) is 0. The maximum Gasteiger partial charge on any atom is 0.302 e. The predicted molar refractivity (Wildman–Crippen MR) is 81.5 cm³/mol. The lowest BCUT2D eigenvalue weighted by Gasteiger charge is -2.12. The third-order valence-corrected chi connectivity index (χ3v) is 4.51. The minimum absolute atomic E-state index is 0.268. The molecule has 0 aliphatic heterocycles. The van der Waals surface area contributed by atoms with Crippen LogP contribution in [0.4, 0.5) is 5.82 Å². The number of anilines is 1. The summed E-state index contributed by atoms with van der Waals surface area (Å²) in [5.74, 6) is 0.955. The van der Waals surface area contributed by atoms with Crippen molar-refractivity contribution in [1.82, 2.24) is 14.5 Å². The smallest absolute Gasteiger partial charge is 0.302 e. The van der Waals surface area contributed by atoms with E-state index >= 15 is 0 Å². The van der Waals surface area contributed by atoms with Gasteiger partial charge >= 0.3 is 10.2 Å². The zero-order valence-electron chi connectivity index (χ0n) is 12.3. The molecule has 0 radical (unpaired) electrons. The van der Waals surface area contributed by atoms with Gasteiger partial charge in [-0.2, -0.15) is 17.8 Å². The maximum absolute atomic E-state index is 11.9. The molecular formula is C13H18N4O3S. The Bertz CT molecular complexity index is 738. The third kappa shape index (κ3) is 3.01. The molecule has 114 valence electrons. The fourth-order valence-electron chi connectivity index (χ4n) is 1.82. The average Bonchev–Trinajstić information content (AvgIpc) is 2.79. The molecule has 8 heteroatoms. The van der Waals surface area contributed by atoms with Crippen molar-refractivity contribution < 1.29 is 13.2 Å². The standard InChI is InChI=1S/C13H18N4O3S/c1-9-12(10-7-5-6-8-11(10)20-4)14-15-13(9)16-21(18,19)17(2)3/h5-8H,1-4H3,(H2,14,15,16). The zero-order chi connectivity index (χ0) is 15.6. The van der Waals surface area contributed by atoms with Crippen LogP contribution in [0.3, 0.4) is 0 Å². The van der Waals surface area contributed by atoms with Gasteiger partial charge in [-0.15, -0.1) is 0 Å². The second-order valence-corrected chi connectivity index (χ2v) is 6.55. The second kappa shape index (κ2) is 5.74. The largest absolute Gasteiger partial charge is 0.496 e. The summed E-state index contributed by atoms with van der Waals surface area (Å²) in [6.07, 6.45) is 0. The molecular weight excluding hydrogens is 292 g/mol. The molecule has 2 aromatic rings. The van der Waals surface area contributed by atoms with Crippen LogP contribution in [0.15, 0.2) is 24.3 Å². The van der Waals surface area contributed by atoms with Crippen molar-refractivity contribution in [3.8, 4) is 17.0 Å². The van der Waals surface area contributed by atoms with E-state index in [4.69, 9.17) is 4.74 Å². The Morgan fingerprint density at radius 2 is 1.95 bits per heavy atom. The zero-order valence-corrected chi connectivity index (χ0v) is 13.2. The number of hydrogen-bond donors (Lipinski definition) is 2. The molecule has 0 amide bonds. The SMILES string of the molecule is COc1ccccc1-c1[nH]nc(NS(=O)(=O)N(C)C)c1C. The van der Waals surface area contributed by atoms with Gasteiger partial charge in [0.05, 0.1) is 12.8 Å². The van der Waals surface area contributed by atoms with Crippen molar-refractivity contribution in [3.05, 3.63) is 29.8 Å². The summed E-state index contributed by atoms with van der Waals surface area (Å²) in [5, 5.41) is 6.89. The highest BCUT2D eigenvalue weighted by molar-refractivity contribution is 7.90. The molecule has 0 fully saturated rings. The monoisotopic (exact) mass is 310 g/mol. The molecule has 1 aromatic carbocycles. The Balaban J connectivity index is 2.42. The first-order valence-corrected chi connectivity index (χ1v) is 7.69. The van der Waals surface area contributed by atoms with Crippen molar-refractivity contribution in [3.63, 3.8) is 0 Å². The van der Waals surface area contributed by atoms with Crippen LogP contribution in [0, 0.1) is 6.92 Å². The molecule has 1 aromatic heterocycles. The molecule has 0 aliphatic carbocycles. The Morgan fingerprint density at radius 1 is 1.29 bits per heavy atom. The summed E-state index contributed by atoms with van der Waals surface area (Å²) >= 11 is 0. The molecule has 2 rings (SSSR count). The number of ether oxygens (including phenoxy) is 1. The molecule has 0 saturated heterocycles. The van der Waals surface area contributed by atoms with Crippen LogP contribution < -0.4 is 9.46 Å².